The van der Waals surface area contributed by atoms with Crippen LogP contribution >= 0.6 is 0 Å². The number of ether oxygens (including phenoxy) is 1. The van der Waals surface area contributed by atoms with Crippen molar-refractivity contribution in [1.82, 2.24) is 5.32 Å². The van der Waals surface area contributed by atoms with Gasteiger partial charge in [-0.2, -0.15) is 5.26 Å². The van der Waals surface area contributed by atoms with E-state index in [-0.39, 0.29) is 12.3 Å². The highest BCUT2D eigenvalue weighted by Crippen LogP contribution is 2.32. The molecule has 0 heterocycles. The summed E-state index contributed by atoms with van der Waals surface area (Å²) in [5.41, 5.74) is 1.87. The number of carbonyl (C=O) groups is 2. The fourth-order valence-corrected chi connectivity index (χ4v) is 3.61. The van der Waals surface area contributed by atoms with E-state index in [1.807, 2.05) is 73.7 Å². The number of methoxy groups -OCH3 is 1. The van der Waals surface area contributed by atoms with Gasteiger partial charge < -0.3 is 10.1 Å². The van der Waals surface area contributed by atoms with Gasteiger partial charge in [-0.1, -0.05) is 72.8 Å². The zero-order valence-electron chi connectivity index (χ0n) is 17.5. The van der Waals surface area contributed by atoms with Crippen LogP contribution in [0.5, 0.6) is 0 Å². The molecule has 0 radical (unpaired) electrons. The maximum atomic E-state index is 13.6. The Hall–Kier alpha value is -3.91. The van der Waals surface area contributed by atoms with Gasteiger partial charge in [-0.25, -0.2) is 4.79 Å². The van der Waals surface area contributed by atoms with Gasteiger partial charge in [-0.05, 0) is 35.7 Å². The largest absolute Gasteiger partial charge is 0.467 e. The minimum Gasteiger partial charge on any atom is -0.467 e. The molecule has 0 aliphatic rings. The Morgan fingerprint density at radius 2 is 1.55 bits per heavy atom. The second kappa shape index (κ2) is 9.73. The Morgan fingerprint density at radius 1 is 0.968 bits per heavy atom. The van der Waals surface area contributed by atoms with Crippen molar-refractivity contribution < 1.29 is 14.3 Å². The highest BCUT2D eigenvalue weighted by Gasteiger charge is 2.39. The molecule has 3 aromatic rings. The van der Waals surface area contributed by atoms with E-state index in [0.717, 1.165) is 16.7 Å². The van der Waals surface area contributed by atoms with Crippen LogP contribution in [0.15, 0.2) is 84.9 Å². The molecule has 156 valence electrons. The van der Waals surface area contributed by atoms with Crippen molar-refractivity contribution in [3.63, 3.8) is 0 Å². The molecule has 1 amide bonds. The van der Waals surface area contributed by atoms with Crippen molar-refractivity contribution in [1.29, 1.82) is 5.26 Å². The van der Waals surface area contributed by atoms with Crippen LogP contribution in [-0.4, -0.2) is 25.0 Å². The van der Waals surface area contributed by atoms with E-state index < -0.39 is 17.4 Å². The summed E-state index contributed by atoms with van der Waals surface area (Å²) in [6, 6.07) is 27.1. The first kappa shape index (κ1) is 21.8. The number of benzene rings is 3. The first-order valence-corrected chi connectivity index (χ1v) is 9.98. The van der Waals surface area contributed by atoms with Crippen molar-refractivity contribution in [2.24, 2.45) is 0 Å². The third-order valence-electron chi connectivity index (χ3n) is 5.44. The number of nitrogens with zero attached hydrogens (tertiary/aromatic N) is 1. The molecule has 0 fully saturated rings. The van der Waals surface area contributed by atoms with Crippen LogP contribution in [0.4, 0.5) is 0 Å². The molecule has 3 aromatic carbocycles. The number of amides is 1. The number of carbonyl (C=O) groups excluding carboxylic acids is 2. The average molecular weight is 412 g/mol. The predicted molar refractivity (Wildman–Crippen MR) is 118 cm³/mol. The zero-order chi connectivity index (χ0) is 22.3. The number of nitrogens with one attached hydrogen (secondary N) is 1. The Balaban J connectivity index is 1.96. The van der Waals surface area contributed by atoms with Gasteiger partial charge in [0, 0.05) is 6.42 Å². The summed E-state index contributed by atoms with van der Waals surface area (Å²) >= 11 is 0. The molecule has 1 N–H and O–H groups in total. The van der Waals surface area contributed by atoms with Crippen LogP contribution in [0.1, 0.15) is 29.2 Å². The van der Waals surface area contributed by atoms with Crippen LogP contribution in [0.2, 0.25) is 0 Å². The Morgan fingerprint density at radius 3 is 2.06 bits per heavy atom. The summed E-state index contributed by atoms with van der Waals surface area (Å²) in [6.07, 6.45) is 0.216. The van der Waals surface area contributed by atoms with Gasteiger partial charge in [0.25, 0.3) is 0 Å². The van der Waals surface area contributed by atoms with Crippen LogP contribution in [0, 0.1) is 11.3 Å². The molecular weight excluding hydrogens is 388 g/mol. The highest BCUT2D eigenvalue weighted by atomic mass is 16.5. The maximum absolute atomic E-state index is 13.6. The monoisotopic (exact) mass is 412 g/mol. The molecule has 0 aromatic heterocycles. The number of nitriles is 1. The lowest BCUT2D eigenvalue weighted by molar-refractivity contribution is -0.145. The van der Waals surface area contributed by atoms with Gasteiger partial charge >= 0.3 is 5.97 Å². The second-order valence-corrected chi connectivity index (χ2v) is 7.42. The third kappa shape index (κ3) is 4.81. The van der Waals surface area contributed by atoms with E-state index in [2.05, 4.69) is 11.4 Å². The molecule has 0 aliphatic heterocycles. The minimum absolute atomic E-state index is 0.216. The SMILES string of the molecule is COC(=O)[C@H](Cc1cccc(C#N)c1)NC(=O)C(C)(c1ccccc1)c1ccccc1. The zero-order valence-corrected chi connectivity index (χ0v) is 17.5. The van der Waals surface area contributed by atoms with Gasteiger partial charge in [-0.15, -0.1) is 0 Å². The average Bonchev–Trinajstić information content (AvgIpc) is 2.83. The molecule has 3 rings (SSSR count). The van der Waals surface area contributed by atoms with E-state index in [1.54, 1.807) is 18.2 Å². The minimum atomic E-state index is -1.01. The summed E-state index contributed by atoms with van der Waals surface area (Å²) in [4.78, 5) is 26.1. The number of rotatable bonds is 7. The summed E-state index contributed by atoms with van der Waals surface area (Å²) in [6.45, 7) is 1.84. The van der Waals surface area contributed by atoms with Crippen LogP contribution in [0.25, 0.3) is 0 Å². The molecule has 5 heteroatoms. The topological polar surface area (TPSA) is 79.2 Å². The van der Waals surface area contributed by atoms with Crippen LogP contribution in [-0.2, 0) is 26.2 Å². The lowest BCUT2D eigenvalue weighted by Gasteiger charge is -2.31. The summed E-state index contributed by atoms with van der Waals surface area (Å²) in [5.74, 6) is -0.851. The lowest BCUT2D eigenvalue weighted by Crippen LogP contribution is -2.51. The molecule has 1 atom stereocenters. The summed E-state index contributed by atoms with van der Waals surface area (Å²) in [5, 5.41) is 12.0. The van der Waals surface area contributed by atoms with Gasteiger partial charge in [0.2, 0.25) is 5.91 Å². The fourth-order valence-electron chi connectivity index (χ4n) is 3.61. The molecule has 0 spiro atoms. The van der Waals surface area contributed by atoms with Gasteiger partial charge in [-0.3, -0.25) is 4.79 Å². The summed E-state index contributed by atoms with van der Waals surface area (Å²) in [7, 11) is 1.29. The predicted octanol–water partition coefficient (Wildman–Crippen LogP) is 3.76. The van der Waals surface area contributed by atoms with E-state index in [0.29, 0.717) is 5.56 Å². The molecular formula is C26H24N2O3. The standard InChI is InChI=1S/C26H24N2O3/c1-26(21-12-5-3-6-13-21,22-14-7-4-8-15-22)25(30)28-23(24(29)31-2)17-19-10-9-11-20(16-19)18-27/h3-16,23H,17H2,1-2H3,(H,28,30)/t23-/m0/s1. The lowest BCUT2D eigenvalue weighted by atomic mass is 9.75. The van der Waals surface area contributed by atoms with E-state index >= 15 is 0 Å². The van der Waals surface area contributed by atoms with Crippen molar-refractivity contribution >= 4 is 11.9 Å². The number of hydrogen-bond acceptors (Lipinski definition) is 4. The van der Waals surface area contributed by atoms with E-state index in [4.69, 9.17) is 10.00 Å². The van der Waals surface area contributed by atoms with Crippen molar-refractivity contribution in [2.75, 3.05) is 7.11 Å². The normalized spacial score (nSPS) is 11.8. The Bertz CT molecular complexity index is 1050. The molecule has 31 heavy (non-hydrogen) atoms. The van der Waals surface area contributed by atoms with Crippen molar-refractivity contribution in [3.8, 4) is 6.07 Å². The fraction of sp³-hybridized carbons (Fsp3) is 0.192. The van der Waals surface area contributed by atoms with E-state index in [9.17, 15) is 9.59 Å². The van der Waals surface area contributed by atoms with Crippen LogP contribution < -0.4 is 5.32 Å². The smallest absolute Gasteiger partial charge is 0.328 e. The van der Waals surface area contributed by atoms with Crippen LogP contribution in [0.3, 0.4) is 0 Å². The van der Waals surface area contributed by atoms with Gasteiger partial charge in [0.05, 0.1) is 24.2 Å². The quantitative estimate of drug-likeness (QED) is 0.599. The molecule has 5 nitrogen and oxygen atoms in total. The molecule has 0 saturated carbocycles. The van der Waals surface area contributed by atoms with Crippen molar-refractivity contribution in [3.05, 3.63) is 107 Å². The molecule has 0 aliphatic carbocycles. The van der Waals surface area contributed by atoms with Gasteiger partial charge in [0.1, 0.15) is 6.04 Å². The highest BCUT2D eigenvalue weighted by molar-refractivity contribution is 5.94. The molecule has 0 unspecified atom stereocenters. The Labute approximate surface area is 182 Å². The summed E-state index contributed by atoms with van der Waals surface area (Å²) < 4.78 is 4.95. The number of esters is 1. The molecule has 0 saturated heterocycles. The number of hydrogen-bond donors (Lipinski definition) is 1. The maximum Gasteiger partial charge on any atom is 0.328 e. The first-order valence-electron chi connectivity index (χ1n) is 9.98. The third-order valence-corrected chi connectivity index (χ3v) is 5.44. The van der Waals surface area contributed by atoms with E-state index in [1.165, 1.54) is 7.11 Å². The Kier molecular flexibility index (Phi) is 6.84. The molecule has 0 bridgehead atoms. The first-order chi connectivity index (χ1) is 15.0. The second-order valence-electron chi connectivity index (χ2n) is 7.42. The van der Waals surface area contributed by atoms with Gasteiger partial charge in [0.15, 0.2) is 0 Å². The van der Waals surface area contributed by atoms with Crippen molar-refractivity contribution in [2.45, 2.75) is 24.8 Å².